The van der Waals surface area contributed by atoms with Gasteiger partial charge < -0.3 is 31.3 Å². The molecule has 0 heterocycles. The molecule has 0 bridgehead atoms. The van der Waals surface area contributed by atoms with Crippen LogP contribution in [0.4, 0.5) is 4.39 Å². The summed E-state index contributed by atoms with van der Waals surface area (Å²) in [6, 6.07) is -0.342. The maximum absolute atomic E-state index is 16.0. The van der Waals surface area contributed by atoms with Gasteiger partial charge in [0.25, 0.3) is 5.91 Å². The molecule has 0 aromatic heterocycles. The van der Waals surface area contributed by atoms with Crippen LogP contribution in [0.1, 0.15) is 48.7 Å². The molecule has 12 heteroatoms. The molecule has 0 saturated heterocycles. The van der Waals surface area contributed by atoms with E-state index in [2.05, 4.69) is 0 Å². The number of Topliss-reactive ketones (excluding diaryl/α,β-unsaturated/α-hetero) is 2. The third-order valence-corrected chi connectivity index (χ3v) is 8.86. The number of aliphatic hydroxyl groups excluding tert-OH is 3. The number of carbonyl (C=O) groups excluding carboxylic acids is 3. The molecule has 0 saturated carbocycles. The quantitative estimate of drug-likeness (QED) is 0.268. The summed E-state index contributed by atoms with van der Waals surface area (Å²) in [5, 5.41) is 54.6. The maximum Gasteiger partial charge on any atom is 0.255 e. The number of likely N-dealkylation sites (N-methyl/N-ethyl adjacent to an activating group) is 2. The van der Waals surface area contributed by atoms with Crippen molar-refractivity contribution in [1.82, 2.24) is 9.80 Å². The number of hydrogen-bond donors (Lipinski definition) is 6. The number of aliphatic hydroxyl groups is 4. The molecule has 0 fully saturated rings. The molecule has 1 amide bonds. The topological polar surface area (TPSA) is 185 Å². The summed E-state index contributed by atoms with van der Waals surface area (Å²) in [7, 11) is 4.78. The summed E-state index contributed by atoms with van der Waals surface area (Å²) < 4.78 is 16.0. The Hall–Kier alpha value is -3.32. The summed E-state index contributed by atoms with van der Waals surface area (Å²) in [6.45, 7) is 5.65. The van der Waals surface area contributed by atoms with E-state index in [0.29, 0.717) is 0 Å². The van der Waals surface area contributed by atoms with Crippen molar-refractivity contribution in [1.29, 1.82) is 0 Å². The van der Waals surface area contributed by atoms with Crippen LogP contribution in [0.5, 0.6) is 5.75 Å². The lowest BCUT2D eigenvalue weighted by atomic mass is 9.58. The lowest BCUT2D eigenvalue weighted by molar-refractivity contribution is -0.148. The van der Waals surface area contributed by atoms with E-state index in [1.807, 2.05) is 20.8 Å². The molecule has 1 aromatic carbocycles. The van der Waals surface area contributed by atoms with Crippen LogP contribution in [0.25, 0.3) is 0 Å². The molecule has 3 aliphatic carbocycles. The number of ketones is 2. The molecular formula is C29H38FN3O8. The van der Waals surface area contributed by atoms with Gasteiger partial charge in [-0.15, -0.1) is 0 Å². The zero-order valence-corrected chi connectivity index (χ0v) is 24.0. The highest BCUT2D eigenvalue weighted by molar-refractivity contribution is 6.24. The standard InChI is InChI=1S/C29H38FN3O8/c1-28(2,3)17(11-34)33(6)10-13-9-16(35)19-14(21(13)30)7-12-8-15-22(32(4)5)24(37)20(27(31)40)26(39)29(15,41)25(38)18(12)23(19)36/h9,12,15,17,22,34-35,37-38,41H,7-8,10-11H2,1-6H3,(H2,31,40)/t12-,15-,17+,22-,29-/m0/s1. The molecule has 0 unspecified atom stereocenters. The predicted octanol–water partition coefficient (Wildman–Crippen LogP) is 1.10. The number of nitrogens with zero attached hydrogens (tertiary/aromatic N) is 2. The number of amides is 1. The molecule has 4 rings (SSSR count). The van der Waals surface area contributed by atoms with Crippen molar-refractivity contribution in [3.63, 3.8) is 0 Å². The number of fused-ring (bicyclic) bond motifs is 3. The van der Waals surface area contributed by atoms with Crippen LogP contribution in [0.3, 0.4) is 0 Å². The number of hydrogen-bond acceptors (Lipinski definition) is 10. The lowest BCUT2D eigenvalue weighted by Crippen LogP contribution is -2.63. The first-order chi connectivity index (χ1) is 18.9. The Bertz CT molecular complexity index is 1400. The fourth-order valence-electron chi connectivity index (χ4n) is 6.92. The number of allylic oxidation sites excluding steroid dienone is 1. The number of rotatable bonds is 6. The average Bonchev–Trinajstić information content (AvgIpc) is 2.83. The largest absolute Gasteiger partial charge is 0.510 e. The molecule has 1 aromatic rings. The van der Waals surface area contributed by atoms with Crippen LogP contribution in [0.15, 0.2) is 28.7 Å². The Balaban J connectivity index is 1.84. The molecule has 5 atom stereocenters. The minimum atomic E-state index is -2.76. The predicted molar refractivity (Wildman–Crippen MR) is 145 cm³/mol. The van der Waals surface area contributed by atoms with Gasteiger partial charge in [-0.05, 0) is 51.4 Å². The van der Waals surface area contributed by atoms with Gasteiger partial charge in [-0.25, -0.2) is 4.39 Å². The SMILES string of the molecule is CN(C)[C@@H]1C(O)=C(C(N)=O)C(=O)[C@@]2(O)C(O)=C3C(=O)c4c(O)cc(CN(C)[C@H](CO)C(C)(C)C)c(F)c4C[C@H]3C[C@@H]12. The maximum atomic E-state index is 16.0. The minimum Gasteiger partial charge on any atom is -0.510 e. The van der Waals surface area contributed by atoms with Crippen molar-refractivity contribution >= 4 is 17.5 Å². The average molecular weight is 576 g/mol. The van der Waals surface area contributed by atoms with Gasteiger partial charge in [-0.3, -0.25) is 24.2 Å². The van der Waals surface area contributed by atoms with Gasteiger partial charge in [-0.2, -0.15) is 0 Å². The fourth-order valence-corrected chi connectivity index (χ4v) is 6.92. The van der Waals surface area contributed by atoms with Gasteiger partial charge in [-0.1, -0.05) is 20.8 Å². The van der Waals surface area contributed by atoms with Gasteiger partial charge in [0.2, 0.25) is 5.78 Å². The smallest absolute Gasteiger partial charge is 0.255 e. The number of nitrogens with two attached hydrogens (primary N) is 1. The number of phenolic OH excluding ortho intramolecular Hbond substituents is 1. The summed E-state index contributed by atoms with van der Waals surface area (Å²) in [5.41, 5.74) is 0.652. The fraction of sp³-hybridized carbons (Fsp3) is 0.552. The number of phenols is 1. The van der Waals surface area contributed by atoms with Gasteiger partial charge in [0.1, 0.15) is 28.7 Å². The summed E-state index contributed by atoms with van der Waals surface area (Å²) >= 11 is 0. The van der Waals surface area contributed by atoms with Crippen molar-refractivity contribution < 1.29 is 44.3 Å². The minimum absolute atomic E-state index is 0.0239. The van der Waals surface area contributed by atoms with E-state index in [0.717, 1.165) is 6.07 Å². The summed E-state index contributed by atoms with van der Waals surface area (Å²) in [6.07, 6.45) is -0.277. The zero-order valence-electron chi connectivity index (χ0n) is 24.0. The van der Waals surface area contributed by atoms with Crippen LogP contribution in [-0.4, -0.2) is 98.2 Å². The van der Waals surface area contributed by atoms with Gasteiger partial charge in [0.15, 0.2) is 11.4 Å². The van der Waals surface area contributed by atoms with E-state index < -0.39 is 69.6 Å². The molecule has 7 N–H and O–H groups in total. The summed E-state index contributed by atoms with van der Waals surface area (Å²) in [5.74, 6) is -8.59. The number of primary amides is 1. The molecule has 0 aliphatic heterocycles. The van der Waals surface area contributed by atoms with Crippen LogP contribution in [0, 0.1) is 23.1 Å². The second kappa shape index (κ2) is 10.2. The van der Waals surface area contributed by atoms with E-state index in [1.54, 1.807) is 11.9 Å². The van der Waals surface area contributed by atoms with Gasteiger partial charge in [0, 0.05) is 35.2 Å². The molecule has 0 radical (unpaired) electrons. The highest BCUT2D eigenvalue weighted by Gasteiger charge is 2.63. The van der Waals surface area contributed by atoms with Gasteiger partial charge in [0.05, 0.1) is 18.2 Å². The molecule has 11 nitrogen and oxygen atoms in total. The number of carbonyl (C=O) groups is 3. The van der Waals surface area contributed by atoms with E-state index in [9.17, 15) is 39.9 Å². The van der Waals surface area contributed by atoms with E-state index in [1.165, 1.54) is 19.0 Å². The highest BCUT2D eigenvalue weighted by atomic mass is 19.1. The Morgan fingerprint density at radius 2 is 1.80 bits per heavy atom. The molecule has 0 spiro atoms. The molecule has 41 heavy (non-hydrogen) atoms. The number of benzene rings is 1. The molecule has 224 valence electrons. The number of halogens is 1. The highest BCUT2D eigenvalue weighted by Crippen LogP contribution is 2.52. The van der Waals surface area contributed by atoms with E-state index >= 15 is 4.39 Å². The monoisotopic (exact) mass is 575 g/mol. The van der Waals surface area contributed by atoms with Crippen molar-refractivity contribution in [3.8, 4) is 5.75 Å². The normalized spacial score (nSPS) is 27.2. The number of aromatic hydroxyl groups is 1. The van der Waals surface area contributed by atoms with Gasteiger partial charge >= 0.3 is 0 Å². The summed E-state index contributed by atoms with van der Waals surface area (Å²) in [4.78, 5) is 42.3. The zero-order chi connectivity index (χ0) is 30.9. The first-order valence-electron chi connectivity index (χ1n) is 13.4. The van der Waals surface area contributed by atoms with Crippen LogP contribution >= 0.6 is 0 Å². The Morgan fingerprint density at radius 1 is 1.20 bits per heavy atom. The molecule has 3 aliphatic rings. The first kappa shape index (κ1) is 30.6. The van der Waals surface area contributed by atoms with Crippen molar-refractivity contribution in [2.24, 2.45) is 23.0 Å². The Kier molecular flexibility index (Phi) is 7.62. The Labute approximate surface area is 237 Å². The van der Waals surface area contributed by atoms with Crippen LogP contribution in [-0.2, 0) is 22.6 Å². The third-order valence-electron chi connectivity index (χ3n) is 8.86. The third kappa shape index (κ3) is 4.53. The lowest BCUT2D eigenvalue weighted by Gasteiger charge is -2.50. The van der Waals surface area contributed by atoms with Crippen LogP contribution in [0.2, 0.25) is 0 Å². The Morgan fingerprint density at radius 3 is 2.32 bits per heavy atom. The first-order valence-corrected chi connectivity index (χ1v) is 13.4. The van der Waals surface area contributed by atoms with Crippen molar-refractivity contribution in [3.05, 3.63) is 51.2 Å². The second-order valence-corrected chi connectivity index (χ2v) is 12.7. The second-order valence-electron chi connectivity index (χ2n) is 12.7. The van der Waals surface area contributed by atoms with E-state index in [4.69, 9.17) is 5.73 Å². The van der Waals surface area contributed by atoms with Crippen LogP contribution < -0.4 is 5.73 Å². The van der Waals surface area contributed by atoms with Crippen molar-refractivity contribution in [2.45, 2.75) is 57.8 Å². The van der Waals surface area contributed by atoms with E-state index in [-0.39, 0.29) is 59.7 Å². The van der Waals surface area contributed by atoms with Crippen molar-refractivity contribution in [2.75, 3.05) is 27.7 Å². The molecular weight excluding hydrogens is 537 g/mol.